The normalized spacial score (nSPS) is 9.50. The van der Waals surface area contributed by atoms with Crippen LogP contribution in [0, 0.1) is 0 Å². The van der Waals surface area contributed by atoms with E-state index < -0.39 is 30.2 Å². The van der Waals surface area contributed by atoms with Crippen LogP contribution >= 0.6 is 0 Å². The molecule has 10 nitrogen and oxygen atoms in total. The first-order valence-electron chi connectivity index (χ1n) is 6.63. The van der Waals surface area contributed by atoms with Gasteiger partial charge in [-0.05, 0) is 0 Å². The lowest BCUT2D eigenvalue weighted by Gasteiger charge is -2.07. The first-order chi connectivity index (χ1) is 10.3. The Morgan fingerprint density at radius 3 is 1.77 bits per heavy atom. The van der Waals surface area contributed by atoms with Gasteiger partial charge >= 0.3 is 5.97 Å². The zero-order valence-corrected chi connectivity index (χ0v) is 12.2. The number of hydrogen-bond donors (Lipinski definition) is 5. The number of hydrogen-bond acceptors (Lipinski definition) is 5. The Hall–Kier alpha value is -2.65. The van der Waals surface area contributed by atoms with Gasteiger partial charge in [0.2, 0.25) is 23.6 Å². The lowest BCUT2D eigenvalue weighted by Crippen LogP contribution is -2.42. The number of amides is 4. The second kappa shape index (κ2) is 11.1. The highest BCUT2D eigenvalue weighted by Gasteiger charge is 2.08. The summed E-state index contributed by atoms with van der Waals surface area (Å²) < 4.78 is 0. The van der Waals surface area contributed by atoms with Gasteiger partial charge in [-0.2, -0.15) is 0 Å². The summed E-state index contributed by atoms with van der Waals surface area (Å²) in [6, 6.07) is 0. The molecule has 0 saturated heterocycles. The van der Waals surface area contributed by atoms with Crippen LogP contribution in [0.4, 0.5) is 0 Å². The van der Waals surface area contributed by atoms with Crippen LogP contribution < -0.4 is 21.3 Å². The van der Waals surface area contributed by atoms with E-state index in [-0.39, 0.29) is 38.4 Å². The van der Waals surface area contributed by atoms with E-state index in [1.807, 2.05) is 0 Å². The Morgan fingerprint density at radius 1 is 0.727 bits per heavy atom. The van der Waals surface area contributed by atoms with E-state index in [1.54, 1.807) is 6.92 Å². The molecule has 124 valence electrons. The summed E-state index contributed by atoms with van der Waals surface area (Å²) in [5, 5.41) is 17.5. The zero-order valence-electron chi connectivity index (χ0n) is 12.2. The van der Waals surface area contributed by atoms with E-state index in [0.717, 1.165) is 0 Å². The maximum atomic E-state index is 11.4. The Bertz CT molecular complexity index is 437. The van der Waals surface area contributed by atoms with Gasteiger partial charge in [0.1, 0.15) is 6.54 Å². The van der Waals surface area contributed by atoms with Crippen LogP contribution in [0.5, 0.6) is 0 Å². The number of carbonyl (C=O) groups is 5. The molecule has 5 N–H and O–H groups in total. The molecule has 0 aromatic heterocycles. The van der Waals surface area contributed by atoms with E-state index in [0.29, 0.717) is 0 Å². The average Bonchev–Trinajstić information content (AvgIpc) is 2.48. The van der Waals surface area contributed by atoms with Crippen molar-refractivity contribution >= 4 is 29.6 Å². The van der Waals surface area contributed by atoms with Crippen molar-refractivity contribution in [2.45, 2.75) is 19.8 Å². The first kappa shape index (κ1) is 19.4. The third kappa shape index (κ3) is 11.2. The summed E-state index contributed by atoms with van der Waals surface area (Å²) in [7, 11) is 0. The van der Waals surface area contributed by atoms with Crippen LogP contribution in [-0.4, -0.2) is 60.9 Å². The molecule has 0 spiro atoms. The molecule has 0 aliphatic rings. The topological polar surface area (TPSA) is 154 Å². The van der Waals surface area contributed by atoms with E-state index >= 15 is 0 Å². The van der Waals surface area contributed by atoms with Gasteiger partial charge in [-0.1, -0.05) is 6.92 Å². The summed E-state index contributed by atoms with van der Waals surface area (Å²) in [5.41, 5.74) is 0. The van der Waals surface area contributed by atoms with E-state index in [2.05, 4.69) is 21.3 Å². The second-order valence-corrected chi connectivity index (χ2v) is 4.18. The highest BCUT2D eigenvalue weighted by molar-refractivity contribution is 5.88. The Labute approximate surface area is 127 Å². The average molecular weight is 316 g/mol. The molecule has 0 aliphatic carbocycles. The molecule has 0 fully saturated rings. The summed E-state index contributed by atoms with van der Waals surface area (Å²) in [6.07, 6.45) is 0.192. The van der Waals surface area contributed by atoms with Crippen molar-refractivity contribution in [3.8, 4) is 0 Å². The van der Waals surface area contributed by atoms with Crippen molar-refractivity contribution in [2.75, 3.05) is 26.2 Å². The van der Waals surface area contributed by atoms with Crippen molar-refractivity contribution in [2.24, 2.45) is 0 Å². The summed E-state index contributed by atoms with van der Waals surface area (Å²) in [4.78, 5) is 54.9. The highest BCUT2D eigenvalue weighted by Crippen LogP contribution is 1.78. The minimum Gasteiger partial charge on any atom is -0.480 e. The number of carboxylic acid groups (broad SMARTS) is 1. The lowest BCUT2D eigenvalue weighted by molar-refractivity contribution is -0.138. The molecule has 0 saturated carbocycles. The van der Waals surface area contributed by atoms with Crippen LogP contribution in [0.25, 0.3) is 0 Å². The molecular weight excluding hydrogens is 296 g/mol. The molecular formula is C12H20N4O6. The van der Waals surface area contributed by atoms with E-state index in [1.165, 1.54) is 0 Å². The SMILES string of the molecule is CCC(=O)NCC(=O)NCC(=O)NCCC(=O)NCC(=O)O. The largest absolute Gasteiger partial charge is 0.480 e. The van der Waals surface area contributed by atoms with Crippen LogP contribution in [0.2, 0.25) is 0 Å². The second-order valence-electron chi connectivity index (χ2n) is 4.18. The van der Waals surface area contributed by atoms with Gasteiger partial charge in [0.15, 0.2) is 0 Å². The van der Waals surface area contributed by atoms with Gasteiger partial charge in [0.25, 0.3) is 0 Å². The van der Waals surface area contributed by atoms with Gasteiger partial charge in [0, 0.05) is 19.4 Å². The van der Waals surface area contributed by atoms with Crippen LogP contribution in [0.15, 0.2) is 0 Å². The minimum atomic E-state index is -1.16. The zero-order chi connectivity index (χ0) is 17.0. The van der Waals surface area contributed by atoms with Gasteiger partial charge in [0.05, 0.1) is 13.1 Å². The molecule has 4 amide bonds. The van der Waals surface area contributed by atoms with Crippen molar-refractivity contribution < 1.29 is 29.1 Å². The van der Waals surface area contributed by atoms with E-state index in [4.69, 9.17) is 5.11 Å². The summed E-state index contributed by atoms with van der Waals surface area (Å²) >= 11 is 0. The van der Waals surface area contributed by atoms with Gasteiger partial charge < -0.3 is 26.4 Å². The van der Waals surface area contributed by atoms with Gasteiger partial charge in [-0.15, -0.1) is 0 Å². The molecule has 0 bridgehead atoms. The van der Waals surface area contributed by atoms with Crippen molar-refractivity contribution in [1.82, 2.24) is 21.3 Å². The van der Waals surface area contributed by atoms with Crippen molar-refractivity contribution in [3.05, 3.63) is 0 Å². The van der Waals surface area contributed by atoms with Crippen molar-refractivity contribution in [3.63, 3.8) is 0 Å². The molecule has 0 radical (unpaired) electrons. The predicted molar refractivity (Wildman–Crippen MR) is 74.6 cm³/mol. The molecule has 0 aromatic rings. The number of rotatable bonds is 10. The fraction of sp³-hybridized carbons (Fsp3) is 0.583. The lowest BCUT2D eigenvalue weighted by atomic mass is 10.4. The molecule has 0 heterocycles. The van der Waals surface area contributed by atoms with Gasteiger partial charge in [-0.3, -0.25) is 24.0 Å². The summed E-state index contributed by atoms with van der Waals surface area (Å²) in [6.45, 7) is 0.696. The molecule has 0 aromatic carbocycles. The Kier molecular flexibility index (Phi) is 9.73. The number of carbonyl (C=O) groups excluding carboxylic acids is 4. The predicted octanol–water partition coefficient (Wildman–Crippen LogP) is -2.66. The fourth-order valence-corrected chi connectivity index (χ4v) is 1.19. The monoisotopic (exact) mass is 316 g/mol. The summed E-state index contributed by atoms with van der Waals surface area (Å²) in [5.74, 6) is -2.94. The third-order valence-corrected chi connectivity index (χ3v) is 2.32. The molecule has 10 heteroatoms. The fourth-order valence-electron chi connectivity index (χ4n) is 1.19. The first-order valence-corrected chi connectivity index (χ1v) is 6.63. The standard InChI is InChI=1S/C12H20N4O6/c1-2-8(17)14-6-11(20)15-5-10(19)13-4-3-9(18)16-7-12(21)22/h2-7H2,1H3,(H,13,19)(H,14,17)(H,15,20)(H,16,18)(H,21,22). The van der Waals surface area contributed by atoms with Crippen LogP contribution in [-0.2, 0) is 24.0 Å². The Balaban J connectivity index is 3.69. The highest BCUT2D eigenvalue weighted by atomic mass is 16.4. The third-order valence-electron chi connectivity index (χ3n) is 2.32. The molecule has 0 aliphatic heterocycles. The number of aliphatic carboxylic acids is 1. The van der Waals surface area contributed by atoms with Crippen molar-refractivity contribution in [1.29, 1.82) is 0 Å². The maximum Gasteiger partial charge on any atom is 0.322 e. The van der Waals surface area contributed by atoms with E-state index in [9.17, 15) is 24.0 Å². The molecule has 0 unspecified atom stereocenters. The molecule has 0 atom stereocenters. The smallest absolute Gasteiger partial charge is 0.322 e. The number of carboxylic acids is 1. The van der Waals surface area contributed by atoms with Gasteiger partial charge in [-0.25, -0.2) is 0 Å². The van der Waals surface area contributed by atoms with Crippen LogP contribution in [0.1, 0.15) is 19.8 Å². The Morgan fingerprint density at radius 2 is 1.23 bits per heavy atom. The quantitative estimate of drug-likeness (QED) is 0.296. The maximum absolute atomic E-state index is 11.4. The number of nitrogens with one attached hydrogen (secondary N) is 4. The molecule has 0 rings (SSSR count). The van der Waals surface area contributed by atoms with Crippen LogP contribution in [0.3, 0.4) is 0 Å². The minimum absolute atomic E-state index is 0.0206. The molecule has 22 heavy (non-hydrogen) atoms.